The third-order valence-electron chi connectivity index (χ3n) is 12.4. The topological polar surface area (TPSA) is 43.6 Å². The SMILES string of the molecule is CC1(C)c2ccc3c(c2-c2ccc4c5ccccc5c5ccccc5c4c21)c1ccccc1n3-c1cccc(-c2nc(-c3ccccc3)nc(-c3ccccc3)n2)c1. The lowest BCUT2D eigenvalue weighted by Gasteiger charge is -2.24. The van der Waals surface area contributed by atoms with Crippen LogP contribution in [-0.4, -0.2) is 19.5 Å². The van der Waals surface area contributed by atoms with E-state index in [0.29, 0.717) is 17.5 Å². The van der Waals surface area contributed by atoms with Crippen molar-refractivity contribution in [1.82, 2.24) is 19.5 Å². The molecule has 1 aliphatic carbocycles. The van der Waals surface area contributed by atoms with E-state index in [1.807, 2.05) is 60.7 Å². The van der Waals surface area contributed by atoms with Gasteiger partial charge in [0.2, 0.25) is 0 Å². The summed E-state index contributed by atoms with van der Waals surface area (Å²) in [6.07, 6.45) is 0. The molecule has 0 fully saturated rings. The fraction of sp³-hybridized carbons (Fsp3) is 0.0556. The second-order valence-electron chi connectivity index (χ2n) is 16.0. The Balaban J connectivity index is 1.10. The van der Waals surface area contributed by atoms with Gasteiger partial charge in [0, 0.05) is 38.6 Å². The maximum atomic E-state index is 5.07. The molecule has 2 aromatic heterocycles. The van der Waals surface area contributed by atoms with Gasteiger partial charge in [-0.05, 0) is 78.8 Å². The summed E-state index contributed by atoms with van der Waals surface area (Å²) in [5, 5.41) is 10.4. The van der Waals surface area contributed by atoms with Crippen molar-refractivity contribution in [3.8, 4) is 51.0 Å². The molecule has 4 heteroatoms. The summed E-state index contributed by atoms with van der Waals surface area (Å²) in [5.41, 5.74) is 11.4. The first-order chi connectivity index (χ1) is 28.5. The van der Waals surface area contributed by atoms with Crippen molar-refractivity contribution in [3.05, 3.63) is 193 Å². The summed E-state index contributed by atoms with van der Waals surface area (Å²) in [7, 11) is 0. The van der Waals surface area contributed by atoms with Gasteiger partial charge in [0.05, 0.1) is 11.0 Å². The van der Waals surface area contributed by atoms with Crippen LogP contribution in [-0.2, 0) is 5.41 Å². The van der Waals surface area contributed by atoms with Crippen LogP contribution in [0.1, 0.15) is 25.0 Å². The summed E-state index contributed by atoms with van der Waals surface area (Å²) < 4.78 is 2.42. The highest BCUT2D eigenvalue weighted by molar-refractivity contribution is 6.28. The zero-order valence-corrected chi connectivity index (χ0v) is 32.1. The van der Waals surface area contributed by atoms with Crippen LogP contribution in [0.2, 0.25) is 0 Å². The minimum Gasteiger partial charge on any atom is -0.309 e. The first kappa shape index (κ1) is 32.8. The highest BCUT2D eigenvalue weighted by Gasteiger charge is 2.39. The zero-order chi connectivity index (χ0) is 38.5. The second-order valence-corrected chi connectivity index (χ2v) is 16.0. The molecule has 272 valence electrons. The summed E-state index contributed by atoms with van der Waals surface area (Å²) in [4.78, 5) is 15.1. The van der Waals surface area contributed by atoms with E-state index < -0.39 is 0 Å². The van der Waals surface area contributed by atoms with Crippen LogP contribution in [0.4, 0.5) is 0 Å². The lowest BCUT2D eigenvalue weighted by molar-refractivity contribution is 0.667. The Hall–Kier alpha value is -7.43. The number of para-hydroxylation sites is 1. The van der Waals surface area contributed by atoms with Crippen LogP contribution in [0.5, 0.6) is 0 Å². The van der Waals surface area contributed by atoms with Crippen molar-refractivity contribution >= 4 is 54.1 Å². The van der Waals surface area contributed by atoms with Crippen LogP contribution < -0.4 is 0 Å². The smallest absolute Gasteiger partial charge is 0.164 e. The monoisotopic (exact) mass is 740 g/mol. The third kappa shape index (κ3) is 4.66. The number of nitrogens with zero attached hydrogens (tertiary/aromatic N) is 4. The van der Waals surface area contributed by atoms with Crippen molar-refractivity contribution in [2.75, 3.05) is 0 Å². The molecule has 0 radical (unpaired) electrons. The van der Waals surface area contributed by atoms with Gasteiger partial charge in [0.25, 0.3) is 0 Å². The number of hydrogen-bond donors (Lipinski definition) is 0. The first-order valence-corrected chi connectivity index (χ1v) is 20.0. The van der Waals surface area contributed by atoms with Crippen molar-refractivity contribution < 1.29 is 0 Å². The van der Waals surface area contributed by atoms with E-state index in [1.54, 1.807) is 0 Å². The Bertz CT molecular complexity index is 3380. The Morgan fingerprint density at radius 2 is 0.914 bits per heavy atom. The average Bonchev–Trinajstić information content (AvgIpc) is 3.75. The maximum absolute atomic E-state index is 5.07. The van der Waals surface area contributed by atoms with Crippen LogP contribution in [0.3, 0.4) is 0 Å². The molecule has 4 nitrogen and oxygen atoms in total. The number of fused-ring (bicyclic) bond motifs is 14. The Morgan fingerprint density at radius 1 is 0.397 bits per heavy atom. The fourth-order valence-electron chi connectivity index (χ4n) is 9.85. The molecule has 0 N–H and O–H groups in total. The van der Waals surface area contributed by atoms with E-state index in [0.717, 1.165) is 27.9 Å². The molecular formula is C54H36N4. The quantitative estimate of drug-likeness (QED) is 0.169. The van der Waals surface area contributed by atoms with Crippen LogP contribution in [0.15, 0.2) is 182 Å². The molecule has 58 heavy (non-hydrogen) atoms. The van der Waals surface area contributed by atoms with Crippen LogP contribution >= 0.6 is 0 Å². The van der Waals surface area contributed by atoms with E-state index in [9.17, 15) is 0 Å². The molecule has 0 amide bonds. The molecule has 12 rings (SSSR count). The highest BCUT2D eigenvalue weighted by Crippen LogP contribution is 2.56. The van der Waals surface area contributed by atoms with Gasteiger partial charge in [-0.25, -0.2) is 15.0 Å². The lowest BCUT2D eigenvalue weighted by atomic mass is 9.78. The first-order valence-electron chi connectivity index (χ1n) is 20.0. The van der Waals surface area contributed by atoms with Crippen molar-refractivity contribution in [2.45, 2.75) is 19.3 Å². The van der Waals surface area contributed by atoms with E-state index in [-0.39, 0.29) is 5.41 Å². The number of benzene rings is 9. The fourth-order valence-corrected chi connectivity index (χ4v) is 9.85. The molecular weight excluding hydrogens is 705 g/mol. The molecule has 0 unspecified atom stereocenters. The third-order valence-corrected chi connectivity index (χ3v) is 12.4. The van der Waals surface area contributed by atoms with Gasteiger partial charge in [0.15, 0.2) is 17.5 Å². The Kier molecular flexibility index (Phi) is 6.94. The normalized spacial score (nSPS) is 13.1. The molecule has 11 aromatic rings. The predicted octanol–water partition coefficient (Wildman–Crippen LogP) is 13.7. The summed E-state index contributed by atoms with van der Waals surface area (Å²) in [6.45, 7) is 4.83. The summed E-state index contributed by atoms with van der Waals surface area (Å²) in [6, 6.07) is 65.1. The largest absolute Gasteiger partial charge is 0.309 e. The highest BCUT2D eigenvalue weighted by atomic mass is 15.0. The average molecular weight is 741 g/mol. The number of rotatable bonds is 4. The molecule has 1 aliphatic rings. The summed E-state index contributed by atoms with van der Waals surface area (Å²) in [5.74, 6) is 1.94. The number of hydrogen-bond acceptors (Lipinski definition) is 3. The predicted molar refractivity (Wildman–Crippen MR) is 241 cm³/mol. The van der Waals surface area contributed by atoms with Gasteiger partial charge in [-0.15, -0.1) is 0 Å². The minimum atomic E-state index is -0.224. The van der Waals surface area contributed by atoms with Gasteiger partial charge < -0.3 is 4.57 Å². The van der Waals surface area contributed by atoms with Gasteiger partial charge >= 0.3 is 0 Å². The van der Waals surface area contributed by atoms with Gasteiger partial charge in [-0.3, -0.25) is 0 Å². The molecule has 2 heterocycles. The lowest BCUT2D eigenvalue weighted by Crippen LogP contribution is -2.15. The van der Waals surface area contributed by atoms with Crippen molar-refractivity contribution in [1.29, 1.82) is 0 Å². The van der Waals surface area contributed by atoms with Crippen LogP contribution in [0.25, 0.3) is 105 Å². The van der Waals surface area contributed by atoms with Crippen LogP contribution in [0, 0.1) is 0 Å². The van der Waals surface area contributed by atoms with Crippen molar-refractivity contribution in [2.24, 2.45) is 0 Å². The van der Waals surface area contributed by atoms with E-state index in [2.05, 4.69) is 140 Å². The molecule has 0 bridgehead atoms. The van der Waals surface area contributed by atoms with E-state index >= 15 is 0 Å². The van der Waals surface area contributed by atoms with Crippen molar-refractivity contribution in [3.63, 3.8) is 0 Å². The minimum absolute atomic E-state index is 0.224. The van der Waals surface area contributed by atoms with Gasteiger partial charge in [-0.2, -0.15) is 0 Å². The molecule has 0 atom stereocenters. The molecule has 0 saturated carbocycles. The van der Waals surface area contributed by atoms with E-state index in [1.165, 1.54) is 70.9 Å². The zero-order valence-electron chi connectivity index (χ0n) is 32.1. The molecule has 0 saturated heterocycles. The van der Waals surface area contributed by atoms with E-state index in [4.69, 9.17) is 15.0 Å². The van der Waals surface area contributed by atoms with Gasteiger partial charge in [-0.1, -0.05) is 172 Å². The Labute approximate surface area is 335 Å². The maximum Gasteiger partial charge on any atom is 0.164 e. The number of aromatic nitrogens is 4. The standard InChI is InChI=1S/C54H36N4/c1-54(2)44-30-31-46-49(48(44)43-29-28-41-39-24-10-9-22-37(39)38-23-11-12-25-40(38)47(41)50(43)54)42-26-13-14-27-45(42)58(46)36-21-15-20-35(32-36)53-56-51(33-16-5-3-6-17-33)55-52(57-53)34-18-7-4-8-19-34/h3-32H,1-2H3. The Morgan fingerprint density at radius 3 is 1.57 bits per heavy atom. The molecule has 0 aliphatic heterocycles. The second kappa shape index (κ2) is 12.3. The summed E-state index contributed by atoms with van der Waals surface area (Å²) >= 11 is 0. The molecule has 0 spiro atoms. The molecule has 9 aromatic carbocycles. The van der Waals surface area contributed by atoms with Gasteiger partial charge in [0.1, 0.15) is 0 Å².